The SMILES string of the molecule is c1ccc2c(c1)Oc1ccccc1N2c1cc(N(c2ccc(-c3ccc4c(c3)oc3ccccc34)cc2)c2ccc(-c3ccc4oc5ccccc5c4c3)cc2)cc(N2c3ccccc3Oc3ccccc32)c1. The molecule has 0 atom stereocenters. The van der Waals surface area contributed by atoms with E-state index in [0.29, 0.717) is 0 Å². The van der Waals surface area contributed by atoms with Gasteiger partial charge < -0.3 is 33.0 Å². The van der Waals surface area contributed by atoms with Crippen LogP contribution < -0.4 is 24.2 Å². The van der Waals surface area contributed by atoms with E-state index in [1.54, 1.807) is 0 Å². The fraction of sp³-hybridized carbons (Fsp3) is 0. The Bertz CT molecular complexity index is 4100. The summed E-state index contributed by atoms with van der Waals surface area (Å²) < 4.78 is 25.7. The van der Waals surface area contributed by atoms with Gasteiger partial charge in [-0.3, -0.25) is 0 Å². The number of hydrogen-bond acceptors (Lipinski definition) is 7. The number of nitrogens with zero attached hydrogens (tertiary/aromatic N) is 3. The second kappa shape index (κ2) is 16.3. The molecule has 4 heterocycles. The van der Waals surface area contributed by atoms with Crippen LogP contribution in [0.15, 0.2) is 258 Å². The molecular weight excluding hydrogens is 899 g/mol. The molecule has 0 N–H and O–H groups in total. The molecule has 15 rings (SSSR count). The summed E-state index contributed by atoms with van der Waals surface area (Å²) in [6.45, 7) is 0. The number of para-hydroxylation sites is 10. The Balaban J connectivity index is 0.930. The van der Waals surface area contributed by atoms with Crippen LogP contribution in [-0.2, 0) is 0 Å². The molecule has 2 aliphatic heterocycles. The van der Waals surface area contributed by atoms with Gasteiger partial charge in [0.2, 0.25) is 0 Å². The summed E-state index contributed by atoms with van der Waals surface area (Å²) in [4.78, 5) is 6.98. The van der Waals surface area contributed by atoms with Crippen molar-refractivity contribution in [3.05, 3.63) is 249 Å². The van der Waals surface area contributed by atoms with E-state index in [1.807, 2.05) is 72.8 Å². The van der Waals surface area contributed by atoms with E-state index in [9.17, 15) is 0 Å². The van der Waals surface area contributed by atoms with Gasteiger partial charge in [0.1, 0.15) is 22.3 Å². The van der Waals surface area contributed by atoms with Gasteiger partial charge in [0.15, 0.2) is 23.0 Å². The van der Waals surface area contributed by atoms with Crippen molar-refractivity contribution in [1.82, 2.24) is 0 Å². The van der Waals surface area contributed by atoms with Gasteiger partial charge in [0.25, 0.3) is 0 Å². The number of ether oxygens (including phenoxy) is 2. The number of anilines is 9. The highest BCUT2D eigenvalue weighted by Gasteiger charge is 2.31. The van der Waals surface area contributed by atoms with E-state index in [2.05, 4.69) is 191 Å². The first kappa shape index (κ1) is 40.9. The molecule has 0 spiro atoms. The average Bonchev–Trinajstić information content (AvgIpc) is 4.02. The maximum absolute atomic E-state index is 6.57. The quantitative estimate of drug-likeness (QED) is 0.158. The number of rotatable bonds is 7. The van der Waals surface area contributed by atoms with Crippen LogP contribution in [0.1, 0.15) is 0 Å². The lowest BCUT2D eigenvalue weighted by atomic mass is 10.0. The van der Waals surface area contributed by atoms with Gasteiger partial charge in [-0.2, -0.15) is 0 Å². The molecule has 0 unspecified atom stereocenters. The van der Waals surface area contributed by atoms with Crippen LogP contribution in [0.3, 0.4) is 0 Å². The van der Waals surface area contributed by atoms with Crippen molar-refractivity contribution in [2.45, 2.75) is 0 Å². The molecule has 7 nitrogen and oxygen atoms in total. The van der Waals surface area contributed by atoms with Crippen molar-refractivity contribution in [3.8, 4) is 45.3 Å². The molecule has 344 valence electrons. The predicted octanol–water partition coefficient (Wildman–Crippen LogP) is 19.4. The molecule has 2 aliphatic rings. The largest absolute Gasteiger partial charge is 0.456 e. The van der Waals surface area contributed by atoms with Gasteiger partial charge in [0.05, 0.1) is 39.8 Å². The van der Waals surface area contributed by atoms with Gasteiger partial charge in [0, 0.05) is 32.9 Å². The molecule has 0 amide bonds. The van der Waals surface area contributed by atoms with Crippen LogP contribution in [-0.4, -0.2) is 0 Å². The van der Waals surface area contributed by atoms with Crippen LogP contribution in [0, 0.1) is 0 Å². The highest BCUT2D eigenvalue weighted by Crippen LogP contribution is 2.55. The van der Waals surface area contributed by atoms with Crippen molar-refractivity contribution in [3.63, 3.8) is 0 Å². The summed E-state index contributed by atoms with van der Waals surface area (Å²) in [5, 5.41) is 4.43. The first-order valence-corrected chi connectivity index (χ1v) is 24.5. The zero-order chi connectivity index (χ0) is 48.0. The van der Waals surface area contributed by atoms with Gasteiger partial charge in [-0.1, -0.05) is 121 Å². The average molecular weight is 940 g/mol. The Labute approximate surface area is 420 Å². The van der Waals surface area contributed by atoms with Crippen LogP contribution >= 0.6 is 0 Å². The second-order valence-electron chi connectivity index (χ2n) is 18.5. The molecule has 0 fully saturated rings. The first-order valence-electron chi connectivity index (χ1n) is 24.5. The third kappa shape index (κ3) is 6.74. The molecular formula is C66H41N3O4. The Kier molecular flexibility index (Phi) is 9.13. The fourth-order valence-electron chi connectivity index (χ4n) is 10.8. The molecule has 7 heteroatoms. The highest BCUT2D eigenvalue weighted by molar-refractivity contribution is 6.07. The summed E-state index contributed by atoms with van der Waals surface area (Å²) in [5.41, 5.74) is 16.5. The van der Waals surface area contributed by atoms with Gasteiger partial charge in [-0.15, -0.1) is 0 Å². The lowest BCUT2D eigenvalue weighted by Gasteiger charge is -2.37. The lowest BCUT2D eigenvalue weighted by molar-refractivity contribution is 0.477. The topological polar surface area (TPSA) is 54.5 Å². The molecule has 13 aromatic rings. The van der Waals surface area contributed by atoms with Crippen molar-refractivity contribution < 1.29 is 18.3 Å². The lowest BCUT2D eigenvalue weighted by Crippen LogP contribution is -2.19. The standard InChI is InChI=1S/C66H41N3O4/c1-7-19-59-51(13-1)53-35-29-45(38-66(53)71-59)43-27-33-47(34-28-43)67(46-31-25-42(26-32-46)44-30-36-61-54(37-44)52-14-2-8-20-60(52)70-61)48-39-49(68-55-15-3-9-21-62(55)72-63-22-10-4-16-56(63)68)41-50(40-48)69-57-17-5-11-23-64(57)73-65-24-12-6-18-58(65)69/h1-41H. The van der Waals surface area contributed by atoms with E-state index in [-0.39, 0.29) is 0 Å². The third-order valence-corrected chi connectivity index (χ3v) is 14.2. The molecule has 0 aliphatic carbocycles. The number of furan rings is 2. The zero-order valence-corrected chi connectivity index (χ0v) is 39.1. The molecule has 0 bridgehead atoms. The number of fused-ring (bicyclic) bond motifs is 10. The predicted molar refractivity (Wildman–Crippen MR) is 296 cm³/mol. The first-order chi connectivity index (χ1) is 36.1. The Morgan fingerprint density at radius 3 is 1.16 bits per heavy atom. The molecule has 2 aromatic heterocycles. The molecule has 11 aromatic carbocycles. The van der Waals surface area contributed by atoms with E-state index >= 15 is 0 Å². The normalized spacial score (nSPS) is 12.5. The zero-order valence-electron chi connectivity index (χ0n) is 39.1. The molecule has 0 radical (unpaired) electrons. The van der Waals surface area contributed by atoms with Gasteiger partial charge >= 0.3 is 0 Å². The van der Waals surface area contributed by atoms with Crippen molar-refractivity contribution in [2.24, 2.45) is 0 Å². The maximum atomic E-state index is 6.57. The van der Waals surface area contributed by atoms with E-state index in [0.717, 1.165) is 140 Å². The Hall–Kier alpha value is -9.98. The minimum atomic E-state index is 0.778. The van der Waals surface area contributed by atoms with Gasteiger partial charge in [-0.25, -0.2) is 0 Å². The monoisotopic (exact) mass is 939 g/mol. The fourth-order valence-corrected chi connectivity index (χ4v) is 10.8. The summed E-state index contributed by atoms with van der Waals surface area (Å²) in [6, 6.07) is 87.0. The molecule has 0 saturated heterocycles. The van der Waals surface area contributed by atoms with Crippen molar-refractivity contribution in [1.29, 1.82) is 0 Å². The minimum absolute atomic E-state index is 0.778. The van der Waals surface area contributed by atoms with Crippen LogP contribution in [0.5, 0.6) is 23.0 Å². The smallest absolute Gasteiger partial charge is 0.151 e. The maximum Gasteiger partial charge on any atom is 0.151 e. The van der Waals surface area contributed by atoms with Crippen LogP contribution in [0.25, 0.3) is 66.1 Å². The number of hydrogen-bond donors (Lipinski definition) is 0. The van der Waals surface area contributed by atoms with E-state index in [1.165, 1.54) is 0 Å². The Morgan fingerprint density at radius 2 is 0.644 bits per heavy atom. The Morgan fingerprint density at radius 1 is 0.260 bits per heavy atom. The molecule has 0 saturated carbocycles. The molecule has 73 heavy (non-hydrogen) atoms. The van der Waals surface area contributed by atoms with Gasteiger partial charge in [-0.05, 0) is 150 Å². The highest BCUT2D eigenvalue weighted by atomic mass is 16.5. The van der Waals surface area contributed by atoms with Crippen LogP contribution in [0.2, 0.25) is 0 Å². The van der Waals surface area contributed by atoms with Crippen molar-refractivity contribution >= 4 is 95.1 Å². The summed E-state index contributed by atoms with van der Waals surface area (Å²) >= 11 is 0. The van der Waals surface area contributed by atoms with Crippen molar-refractivity contribution in [2.75, 3.05) is 14.7 Å². The van der Waals surface area contributed by atoms with Crippen LogP contribution in [0.4, 0.5) is 51.2 Å². The summed E-state index contributed by atoms with van der Waals surface area (Å²) in [7, 11) is 0. The number of benzene rings is 11. The minimum Gasteiger partial charge on any atom is -0.456 e. The second-order valence-corrected chi connectivity index (χ2v) is 18.5. The van der Waals surface area contributed by atoms with E-state index < -0.39 is 0 Å². The summed E-state index contributed by atoms with van der Waals surface area (Å²) in [5.74, 6) is 3.11. The van der Waals surface area contributed by atoms with E-state index in [4.69, 9.17) is 18.3 Å². The third-order valence-electron chi connectivity index (χ3n) is 14.2. The summed E-state index contributed by atoms with van der Waals surface area (Å²) in [6.07, 6.45) is 0.